The number of benzene rings is 1. The van der Waals surface area contributed by atoms with E-state index in [2.05, 4.69) is 0 Å². The summed E-state index contributed by atoms with van der Waals surface area (Å²) in [5, 5.41) is 10.3. The molecule has 0 atom stereocenters. The Kier molecular flexibility index (Phi) is 3.14. The minimum absolute atomic E-state index is 0.315. The molecule has 1 aliphatic rings. The lowest BCUT2D eigenvalue weighted by Crippen LogP contribution is -2.33. The zero-order valence-corrected chi connectivity index (χ0v) is 9.13. The van der Waals surface area contributed by atoms with E-state index in [1.165, 1.54) is 12.1 Å². The first-order valence-electron chi connectivity index (χ1n) is 5.40. The summed E-state index contributed by atoms with van der Waals surface area (Å²) in [7, 11) is 0. The van der Waals surface area contributed by atoms with E-state index >= 15 is 0 Å². The monoisotopic (exact) mass is 246 g/mol. The standard InChI is InChI=1S/C12H13F3O2/c13-12(14,15)10-3-1-2-9(8-10)11(16)4-6-17-7-5-11/h1-3,8,16H,4-7H2. The first kappa shape index (κ1) is 12.4. The van der Waals surface area contributed by atoms with E-state index < -0.39 is 17.3 Å². The third kappa shape index (κ3) is 2.61. The third-order valence-electron chi connectivity index (χ3n) is 3.05. The summed E-state index contributed by atoms with van der Waals surface area (Å²) in [6.45, 7) is 0.736. The van der Waals surface area contributed by atoms with Gasteiger partial charge in [0.15, 0.2) is 0 Å². The average molecular weight is 246 g/mol. The zero-order valence-electron chi connectivity index (χ0n) is 9.13. The van der Waals surface area contributed by atoms with Gasteiger partial charge in [-0.15, -0.1) is 0 Å². The van der Waals surface area contributed by atoms with Crippen LogP contribution >= 0.6 is 0 Å². The van der Waals surface area contributed by atoms with Crippen molar-refractivity contribution in [3.05, 3.63) is 35.4 Å². The predicted molar refractivity (Wildman–Crippen MR) is 55.4 cm³/mol. The molecule has 0 saturated carbocycles. The van der Waals surface area contributed by atoms with Gasteiger partial charge in [-0.25, -0.2) is 0 Å². The normalized spacial score (nSPS) is 20.2. The molecule has 1 aliphatic heterocycles. The quantitative estimate of drug-likeness (QED) is 0.825. The van der Waals surface area contributed by atoms with Crippen molar-refractivity contribution in [3.8, 4) is 0 Å². The van der Waals surface area contributed by atoms with Crippen LogP contribution in [0.3, 0.4) is 0 Å². The Hall–Kier alpha value is -1.07. The van der Waals surface area contributed by atoms with Crippen LogP contribution in [0, 0.1) is 0 Å². The summed E-state index contributed by atoms with van der Waals surface area (Å²) < 4.78 is 42.8. The maximum absolute atomic E-state index is 12.6. The molecular formula is C12H13F3O2. The fourth-order valence-corrected chi connectivity index (χ4v) is 1.98. The van der Waals surface area contributed by atoms with Crippen LogP contribution < -0.4 is 0 Å². The fourth-order valence-electron chi connectivity index (χ4n) is 1.98. The molecule has 5 heteroatoms. The molecule has 1 heterocycles. The van der Waals surface area contributed by atoms with Crippen molar-refractivity contribution >= 4 is 0 Å². The summed E-state index contributed by atoms with van der Waals surface area (Å²) >= 11 is 0. The highest BCUT2D eigenvalue weighted by molar-refractivity contribution is 5.30. The van der Waals surface area contributed by atoms with Gasteiger partial charge in [0.1, 0.15) is 0 Å². The van der Waals surface area contributed by atoms with E-state index in [0.717, 1.165) is 12.1 Å². The van der Waals surface area contributed by atoms with Gasteiger partial charge in [-0.2, -0.15) is 13.2 Å². The minimum atomic E-state index is -4.38. The lowest BCUT2D eigenvalue weighted by atomic mass is 9.86. The number of hydrogen-bond donors (Lipinski definition) is 1. The summed E-state index contributed by atoms with van der Waals surface area (Å²) in [5.74, 6) is 0. The predicted octanol–water partition coefficient (Wildman–Crippen LogP) is 2.70. The van der Waals surface area contributed by atoms with Crippen molar-refractivity contribution in [1.82, 2.24) is 0 Å². The van der Waals surface area contributed by atoms with E-state index in [1.54, 1.807) is 0 Å². The highest BCUT2D eigenvalue weighted by atomic mass is 19.4. The average Bonchev–Trinajstić information content (AvgIpc) is 2.29. The van der Waals surface area contributed by atoms with Crippen molar-refractivity contribution in [2.75, 3.05) is 13.2 Å². The highest BCUT2D eigenvalue weighted by Crippen LogP contribution is 2.36. The number of ether oxygens (including phenoxy) is 1. The first-order chi connectivity index (χ1) is 7.92. The second-order valence-electron chi connectivity index (χ2n) is 4.22. The van der Waals surface area contributed by atoms with Gasteiger partial charge in [-0.1, -0.05) is 12.1 Å². The van der Waals surface area contributed by atoms with E-state index in [4.69, 9.17) is 4.74 Å². The molecule has 1 fully saturated rings. The van der Waals surface area contributed by atoms with Crippen LogP contribution in [0.1, 0.15) is 24.0 Å². The maximum Gasteiger partial charge on any atom is 0.416 e. The van der Waals surface area contributed by atoms with E-state index in [9.17, 15) is 18.3 Å². The summed E-state index contributed by atoms with van der Waals surface area (Å²) in [4.78, 5) is 0. The van der Waals surface area contributed by atoms with Crippen LogP contribution in [0.5, 0.6) is 0 Å². The number of aliphatic hydroxyl groups is 1. The Morgan fingerprint density at radius 2 is 1.82 bits per heavy atom. The number of hydrogen-bond acceptors (Lipinski definition) is 2. The molecule has 0 unspecified atom stereocenters. The Balaban J connectivity index is 2.32. The maximum atomic E-state index is 12.6. The van der Waals surface area contributed by atoms with Gasteiger partial charge in [0.2, 0.25) is 0 Å². The van der Waals surface area contributed by atoms with Gasteiger partial charge >= 0.3 is 6.18 Å². The Morgan fingerprint density at radius 3 is 2.41 bits per heavy atom. The van der Waals surface area contributed by atoms with Crippen molar-refractivity contribution in [3.63, 3.8) is 0 Å². The molecule has 0 aromatic heterocycles. The third-order valence-corrected chi connectivity index (χ3v) is 3.05. The van der Waals surface area contributed by atoms with E-state index in [1.807, 2.05) is 0 Å². The van der Waals surface area contributed by atoms with Gasteiger partial charge in [0.25, 0.3) is 0 Å². The Labute approximate surface area is 97.0 Å². The Morgan fingerprint density at radius 1 is 1.18 bits per heavy atom. The zero-order chi connectivity index (χ0) is 12.5. The lowest BCUT2D eigenvalue weighted by molar-refractivity contribution is -0.137. The number of rotatable bonds is 1. The number of halogens is 3. The molecule has 2 rings (SSSR count). The molecule has 2 nitrogen and oxygen atoms in total. The van der Waals surface area contributed by atoms with Crippen LogP contribution in [0.4, 0.5) is 13.2 Å². The molecule has 94 valence electrons. The smallest absolute Gasteiger partial charge is 0.385 e. The molecule has 1 aromatic carbocycles. The molecule has 1 saturated heterocycles. The van der Waals surface area contributed by atoms with Crippen LogP contribution in [0.2, 0.25) is 0 Å². The number of alkyl halides is 3. The van der Waals surface area contributed by atoms with Gasteiger partial charge in [0, 0.05) is 26.1 Å². The van der Waals surface area contributed by atoms with E-state index in [-0.39, 0.29) is 0 Å². The van der Waals surface area contributed by atoms with Crippen LogP contribution in [0.15, 0.2) is 24.3 Å². The first-order valence-corrected chi connectivity index (χ1v) is 5.40. The molecule has 0 bridgehead atoms. The summed E-state index contributed by atoms with van der Waals surface area (Å²) in [6.07, 6.45) is -3.72. The molecule has 17 heavy (non-hydrogen) atoms. The lowest BCUT2D eigenvalue weighted by Gasteiger charge is -2.32. The Bertz CT molecular complexity index is 395. The van der Waals surface area contributed by atoms with Crippen molar-refractivity contribution in [2.24, 2.45) is 0 Å². The summed E-state index contributed by atoms with van der Waals surface area (Å²) in [6, 6.07) is 4.88. The van der Waals surface area contributed by atoms with Crippen LogP contribution in [0.25, 0.3) is 0 Å². The molecular weight excluding hydrogens is 233 g/mol. The molecule has 0 amide bonds. The van der Waals surface area contributed by atoms with Gasteiger partial charge in [-0.3, -0.25) is 0 Å². The summed E-state index contributed by atoms with van der Waals surface area (Å²) in [5.41, 5.74) is -1.61. The van der Waals surface area contributed by atoms with Crippen molar-refractivity contribution in [2.45, 2.75) is 24.6 Å². The fraction of sp³-hybridized carbons (Fsp3) is 0.500. The molecule has 0 radical (unpaired) electrons. The van der Waals surface area contributed by atoms with Gasteiger partial charge in [-0.05, 0) is 17.7 Å². The van der Waals surface area contributed by atoms with Crippen molar-refractivity contribution in [1.29, 1.82) is 0 Å². The highest BCUT2D eigenvalue weighted by Gasteiger charge is 2.35. The molecule has 1 aromatic rings. The van der Waals surface area contributed by atoms with Gasteiger partial charge in [0.05, 0.1) is 11.2 Å². The van der Waals surface area contributed by atoms with Crippen LogP contribution in [-0.2, 0) is 16.5 Å². The van der Waals surface area contributed by atoms with E-state index in [0.29, 0.717) is 31.6 Å². The minimum Gasteiger partial charge on any atom is -0.385 e. The SMILES string of the molecule is OC1(c2cccc(C(F)(F)F)c2)CCOCC1. The molecule has 0 aliphatic carbocycles. The van der Waals surface area contributed by atoms with Gasteiger partial charge < -0.3 is 9.84 Å². The molecule has 0 spiro atoms. The van der Waals surface area contributed by atoms with Crippen LogP contribution in [-0.4, -0.2) is 18.3 Å². The second-order valence-corrected chi connectivity index (χ2v) is 4.22. The topological polar surface area (TPSA) is 29.5 Å². The second kappa shape index (κ2) is 4.31. The molecule has 1 N–H and O–H groups in total. The largest absolute Gasteiger partial charge is 0.416 e. The van der Waals surface area contributed by atoms with Crippen molar-refractivity contribution < 1.29 is 23.0 Å².